The molecule has 2 aromatic rings. The van der Waals surface area contributed by atoms with Crippen molar-refractivity contribution in [2.24, 2.45) is 0 Å². The van der Waals surface area contributed by atoms with Gasteiger partial charge in [-0.05, 0) is 25.1 Å². The number of nitrogens with zero attached hydrogens (tertiary/aromatic N) is 3. The van der Waals surface area contributed by atoms with Crippen LogP contribution in [0.4, 0.5) is 16.2 Å². The highest BCUT2D eigenvalue weighted by Crippen LogP contribution is 2.33. The molecule has 0 aliphatic heterocycles. The Morgan fingerprint density at radius 3 is 2.75 bits per heavy atom. The Morgan fingerprint density at radius 2 is 2.10 bits per heavy atom. The van der Waals surface area contributed by atoms with E-state index in [-0.39, 0.29) is 23.0 Å². The average molecular weight is 273 g/mol. The molecule has 0 fully saturated rings. The first-order valence-electron chi connectivity index (χ1n) is 5.82. The smallest absolute Gasteiger partial charge is 0.222 e. The number of nitrogen functional groups attached to an aromatic ring is 2. The topological polar surface area (TPSA) is 111 Å². The highest BCUT2D eigenvalue weighted by Gasteiger charge is 2.17. The van der Waals surface area contributed by atoms with Crippen LogP contribution in [0.5, 0.6) is 5.75 Å². The lowest BCUT2D eigenvalue weighted by atomic mass is 10.1. The first-order chi connectivity index (χ1) is 9.56. The molecule has 102 valence electrons. The van der Waals surface area contributed by atoms with E-state index < -0.39 is 5.82 Å². The molecule has 0 atom stereocenters. The Bertz CT molecular complexity index is 696. The number of benzene rings is 1. The van der Waals surface area contributed by atoms with Gasteiger partial charge in [0.15, 0.2) is 0 Å². The van der Waals surface area contributed by atoms with Gasteiger partial charge in [0, 0.05) is 5.56 Å². The normalized spacial score (nSPS) is 10.1. The lowest BCUT2D eigenvalue weighted by molar-refractivity contribution is 0.341. The van der Waals surface area contributed by atoms with Gasteiger partial charge in [0.25, 0.3) is 0 Å². The quantitative estimate of drug-likeness (QED) is 0.880. The third-order valence-electron chi connectivity index (χ3n) is 2.56. The summed E-state index contributed by atoms with van der Waals surface area (Å²) in [7, 11) is 0. The van der Waals surface area contributed by atoms with Crippen LogP contribution in [0.2, 0.25) is 0 Å². The van der Waals surface area contributed by atoms with E-state index in [1.165, 1.54) is 18.2 Å². The Labute approximate surface area is 114 Å². The van der Waals surface area contributed by atoms with E-state index in [0.717, 1.165) is 0 Å². The van der Waals surface area contributed by atoms with Crippen molar-refractivity contribution in [3.05, 3.63) is 29.6 Å². The van der Waals surface area contributed by atoms with Crippen LogP contribution in [0.25, 0.3) is 11.3 Å². The van der Waals surface area contributed by atoms with Gasteiger partial charge in [-0.3, -0.25) is 0 Å². The van der Waals surface area contributed by atoms with E-state index in [0.29, 0.717) is 17.9 Å². The fourth-order valence-electron chi connectivity index (χ4n) is 1.77. The summed E-state index contributed by atoms with van der Waals surface area (Å²) < 4.78 is 18.9. The van der Waals surface area contributed by atoms with Crippen LogP contribution in [0, 0.1) is 17.1 Å². The minimum absolute atomic E-state index is 0.0331. The minimum atomic E-state index is -0.483. The zero-order chi connectivity index (χ0) is 14.7. The van der Waals surface area contributed by atoms with Crippen molar-refractivity contribution in [2.45, 2.75) is 6.92 Å². The molecule has 0 aliphatic carbocycles. The summed E-state index contributed by atoms with van der Waals surface area (Å²) in [5.74, 6) is -0.240. The zero-order valence-electron chi connectivity index (χ0n) is 10.7. The van der Waals surface area contributed by atoms with Crippen LogP contribution < -0.4 is 16.2 Å². The van der Waals surface area contributed by atoms with Gasteiger partial charge < -0.3 is 16.2 Å². The van der Waals surface area contributed by atoms with Crippen molar-refractivity contribution in [1.82, 2.24) is 9.97 Å². The molecule has 6 nitrogen and oxygen atoms in total. The van der Waals surface area contributed by atoms with E-state index in [1.54, 1.807) is 6.92 Å². The molecule has 0 unspecified atom stereocenters. The van der Waals surface area contributed by atoms with Crippen molar-refractivity contribution in [2.75, 3.05) is 18.1 Å². The third kappa shape index (κ3) is 2.44. The van der Waals surface area contributed by atoms with Gasteiger partial charge in [0.05, 0.1) is 12.3 Å². The van der Waals surface area contributed by atoms with E-state index >= 15 is 0 Å². The number of ether oxygens (including phenoxy) is 1. The van der Waals surface area contributed by atoms with Gasteiger partial charge in [-0.2, -0.15) is 10.2 Å². The summed E-state index contributed by atoms with van der Waals surface area (Å²) in [5, 5.41) is 9.16. The van der Waals surface area contributed by atoms with E-state index in [2.05, 4.69) is 9.97 Å². The fourth-order valence-corrected chi connectivity index (χ4v) is 1.77. The highest BCUT2D eigenvalue weighted by atomic mass is 19.1. The Morgan fingerprint density at radius 1 is 1.35 bits per heavy atom. The number of aromatic nitrogens is 2. The van der Waals surface area contributed by atoms with Crippen molar-refractivity contribution in [1.29, 1.82) is 5.26 Å². The molecule has 0 aliphatic rings. The molecule has 2 rings (SSSR count). The van der Waals surface area contributed by atoms with Crippen molar-refractivity contribution < 1.29 is 9.13 Å². The van der Waals surface area contributed by atoms with Crippen LogP contribution >= 0.6 is 0 Å². The summed E-state index contributed by atoms with van der Waals surface area (Å²) in [6.45, 7) is 2.18. The highest BCUT2D eigenvalue weighted by molar-refractivity contribution is 5.77. The average Bonchev–Trinajstić information content (AvgIpc) is 2.40. The van der Waals surface area contributed by atoms with E-state index in [9.17, 15) is 4.39 Å². The van der Waals surface area contributed by atoms with E-state index in [1.807, 2.05) is 6.07 Å². The van der Waals surface area contributed by atoms with Crippen LogP contribution in [-0.2, 0) is 0 Å². The second-order valence-corrected chi connectivity index (χ2v) is 3.88. The van der Waals surface area contributed by atoms with Gasteiger partial charge in [0.2, 0.25) is 5.95 Å². The summed E-state index contributed by atoms with van der Waals surface area (Å²) >= 11 is 0. The first-order valence-corrected chi connectivity index (χ1v) is 5.82. The lowest BCUT2D eigenvalue weighted by Gasteiger charge is -2.12. The fraction of sp³-hybridized carbons (Fsp3) is 0.154. The van der Waals surface area contributed by atoms with Crippen LogP contribution in [0.1, 0.15) is 12.5 Å². The second kappa shape index (κ2) is 5.40. The molecule has 0 radical (unpaired) electrons. The number of nitriles is 1. The SMILES string of the molecule is CCOc1ccc(F)cc1-c1nc(N)nc(N)c1C#N. The number of hydrogen-bond acceptors (Lipinski definition) is 6. The summed E-state index contributed by atoms with van der Waals surface area (Å²) in [6, 6.07) is 5.83. The number of nitrogens with two attached hydrogens (primary N) is 2. The number of halogens is 1. The number of rotatable bonds is 3. The first kappa shape index (κ1) is 13.5. The molecule has 0 saturated heterocycles. The lowest BCUT2D eigenvalue weighted by Crippen LogP contribution is -2.06. The van der Waals surface area contributed by atoms with Crippen molar-refractivity contribution in [3.8, 4) is 23.1 Å². The molecule has 7 heteroatoms. The van der Waals surface area contributed by atoms with Gasteiger partial charge in [0.1, 0.15) is 29.0 Å². The molecule has 0 amide bonds. The van der Waals surface area contributed by atoms with Crippen LogP contribution in [-0.4, -0.2) is 16.6 Å². The Balaban J connectivity index is 2.74. The molecule has 0 spiro atoms. The van der Waals surface area contributed by atoms with Gasteiger partial charge in [-0.1, -0.05) is 0 Å². The Kier molecular flexibility index (Phi) is 3.66. The molecule has 1 aromatic heterocycles. The number of anilines is 2. The maximum absolute atomic E-state index is 13.5. The van der Waals surface area contributed by atoms with E-state index in [4.69, 9.17) is 21.5 Å². The van der Waals surface area contributed by atoms with Gasteiger partial charge in [-0.15, -0.1) is 0 Å². The predicted molar refractivity (Wildman–Crippen MR) is 72.1 cm³/mol. The molecular formula is C13H12FN5O. The summed E-state index contributed by atoms with van der Waals surface area (Å²) in [4.78, 5) is 7.69. The third-order valence-corrected chi connectivity index (χ3v) is 2.56. The summed E-state index contributed by atoms with van der Waals surface area (Å²) in [6.07, 6.45) is 0. The zero-order valence-corrected chi connectivity index (χ0v) is 10.7. The monoisotopic (exact) mass is 273 g/mol. The van der Waals surface area contributed by atoms with Gasteiger partial charge >= 0.3 is 0 Å². The maximum Gasteiger partial charge on any atom is 0.222 e. The second-order valence-electron chi connectivity index (χ2n) is 3.88. The molecule has 20 heavy (non-hydrogen) atoms. The molecule has 1 heterocycles. The molecule has 0 saturated carbocycles. The predicted octanol–water partition coefficient (Wildman–Crippen LogP) is 1.72. The molecule has 4 N–H and O–H groups in total. The van der Waals surface area contributed by atoms with Crippen molar-refractivity contribution in [3.63, 3.8) is 0 Å². The minimum Gasteiger partial charge on any atom is -0.493 e. The standard InChI is InChI=1S/C13H12FN5O/c1-2-20-10-4-3-7(14)5-8(10)11-9(6-15)12(16)19-13(17)18-11/h3-5H,2H2,1H3,(H4,16,17,18,19). The summed E-state index contributed by atoms with van der Waals surface area (Å²) in [5.41, 5.74) is 11.7. The van der Waals surface area contributed by atoms with Crippen molar-refractivity contribution >= 4 is 11.8 Å². The van der Waals surface area contributed by atoms with Gasteiger partial charge in [-0.25, -0.2) is 9.37 Å². The maximum atomic E-state index is 13.5. The number of hydrogen-bond donors (Lipinski definition) is 2. The Hall–Kier alpha value is -2.88. The molecular weight excluding hydrogens is 261 g/mol. The largest absolute Gasteiger partial charge is 0.493 e. The van der Waals surface area contributed by atoms with Crippen LogP contribution in [0.3, 0.4) is 0 Å². The molecule has 1 aromatic carbocycles. The molecule has 0 bridgehead atoms. The van der Waals surface area contributed by atoms with Crippen LogP contribution in [0.15, 0.2) is 18.2 Å².